The molecule has 1 N–H and O–H groups in total. The molecule has 1 aromatic rings. The van der Waals surface area contributed by atoms with E-state index in [1.807, 2.05) is 25.7 Å². The second-order valence-electron chi connectivity index (χ2n) is 8.68. The summed E-state index contributed by atoms with van der Waals surface area (Å²) in [6.07, 6.45) is 4.77. The maximum Gasteiger partial charge on any atom is 0.407 e. The lowest BCUT2D eigenvalue weighted by Crippen LogP contribution is -2.46. The molecular formula is C19H31N5O3. The summed E-state index contributed by atoms with van der Waals surface area (Å²) < 4.78 is 7.35. The van der Waals surface area contributed by atoms with Gasteiger partial charge in [0.25, 0.3) is 0 Å². The molecule has 0 spiro atoms. The number of nitrogens with one attached hydrogen (secondary N) is 1. The van der Waals surface area contributed by atoms with Gasteiger partial charge in [0.15, 0.2) is 0 Å². The highest BCUT2D eigenvalue weighted by molar-refractivity contribution is 5.86. The topological polar surface area (TPSA) is 89.4 Å². The fourth-order valence-electron chi connectivity index (χ4n) is 3.67. The summed E-state index contributed by atoms with van der Waals surface area (Å²) in [5.74, 6) is 1.54. The molecule has 0 aromatic carbocycles. The molecule has 0 atom stereocenters. The van der Waals surface area contributed by atoms with Gasteiger partial charge in [-0.05, 0) is 53.4 Å². The highest BCUT2D eigenvalue weighted by atomic mass is 16.6. The quantitative estimate of drug-likeness (QED) is 0.850. The number of ether oxygens (including phenoxy) is 1. The van der Waals surface area contributed by atoms with E-state index in [2.05, 4.69) is 27.0 Å². The first kappa shape index (κ1) is 19.6. The zero-order chi connectivity index (χ0) is 19.7. The molecule has 1 aliphatic heterocycles. The van der Waals surface area contributed by atoms with Gasteiger partial charge >= 0.3 is 6.09 Å². The third kappa shape index (κ3) is 4.59. The van der Waals surface area contributed by atoms with Crippen molar-refractivity contribution in [2.75, 3.05) is 19.6 Å². The molecular weight excluding hydrogens is 346 g/mol. The minimum absolute atomic E-state index is 0.161. The fourth-order valence-corrected chi connectivity index (χ4v) is 3.67. The Balaban J connectivity index is 1.51. The van der Waals surface area contributed by atoms with Crippen molar-refractivity contribution in [3.63, 3.8) is 0 Å². The third-order valence-corrected chi connectivity index (χ3v) is 5.41. The highest BCUT2D eigenvalue weighted by Crippen LogP contribution is 2.47. The number of rotatable bonds is 5. The van der Waals surface area contributed by atoms with Crippen molar-refractivity contribution in [3.8, 4) is 0 Å². The smallest absolute Gasteiger partial charge is 0.407 e. The van der Waals surface area contributed by atoms with Crippen molar-refractivity contribution in [1.29, 1.82) is 0 Å². The lowest BCUT2D eigenvalue weighted by atomic mass is 9.94. The summed E-state index contributed by atoms with van der Waals surface area (Å²) >= 11 is 0. The molecule has 0 unspecified atom stereocenters. The molecule has 1 saturated heterocycles. The lowest BCUT2D eigenvalue weighted by Gasteiger charge is -2.34. The molecule has 2 amide bonds. The molecule has 8 heteroatoms. The number of carbonyl (C=O) groups is 2. The van der Waals surface area contributed by atoms with Gasteiger partial charge in [-0.1, -0.05) is 0 Å². The number of hydrogen-bond donors (Lipinski definition) is 1. The fraction of sp³-hybridized carbons (Fsp3) is 0.789. The number of piperidine rings is 1. The number of aromatic nitrogens is 3. The molecule has 8 nitrogen and oxygen atoms in total. The second kappa shape index (κ2) is 7.48. The average molecular weight is 377 g/mol. The standard InChI is InChI=1S/C19H31N5O3/c1-5-23-13-21-22-15(23)14-6-10-24(11-7-14)16(25)19(8-9-19)12-20-17(26)27-18(2,3)4/h13-14H,5-12H2,1-4H3,(H,20,26). The van der Waals surface area contributed by atoms with Crippen molar-refractivity contribution < 1.29 is 14.3 Å². The Morgan fingerprint density at radius 1 is 1.30 bits per heavy atom. The van der Waals surface area contributed by atoms with Gasteiger partial charge in [-0.2, -0.15) is 0 Å². The molecule has 1 aromatic heterocycles. The van der Waals surface area contributed by atoms with E-state index in [-0.39, 0.29) is 5.91 Å². The SMILES string of the molecule is CCn1cnnc1C1CCN(C(=O)C2(CNC(=O)OC(C)(C)C)CC2)CC1. The Labute approximate surface area is 160 Å². The van der Waals surface area contributed by atoms with Crippen LogP contribution in [0.1, 0.15) is 65.1 Å². The van der Waals surface area contributed by atoms with Crippen LogP contribution >= 0.6 is 0 Å². The average Bonchev–Trinajstić information content (AvgIpc) is 3.26. The maximum atomic E-state index is 13.0. The van der Waals surface area contributed by atoms with Crippen LogP contribution in [-0.4, -0.2) is 56.9 Å². The van der Waals surface area contributed by atoms with Crippen LogP contribution in [0, 0.1) is 5.41 Å². The highest BCUT2D eigenvalue weighted by Gasteiger charge is 2.52. The number of nitrogens with zero attached hydrogens (tertiary/aromatic N) is 4. The molecule has 1 aliphatic carbocycles. The molecule has 2 heterocycles. The number of alkyl carbamates (subject to hydrolysis) is 1. The van der Waals surface area contributed by atoms with E-state index >= 15 is 0 Å². The molecule has 2 fully saturated rings. The minimum Gasteiger partial charge on any atom is -0.444 e. The van der Waals surface area contributed by atoms with Gasteiger partial charge in [-0.25, -0.2) is 4.79 Å². The lowest BCUT2D eigenvalue weighted by molar-refractivity contribution is -0.138. The summed E-state index contributed by atoms with van der Waals surface area (Å²) in [6, 6.07) is 0. The van der Waals surface area contributed by atoms with Gasteiger partial charge in [0.1, 0.15) is 17.8 Å². The molecule has 0 radical (unpaired) electrons. The van der Waals surface area contributed by atoms with Gasteiger partial charge in [0.2, 0.25) is 5.91 Å². The maximum absolute atomic E-state index is 13.0. The van der Waals surface area contributed by atoms with Crippen LogP contribution in [0.15, 0.2) is 6.33 Å². The Hall–Kier alpha value is -2.12. The number of carbonyl (C=O) groups excluding carboxylic acids is 2. The first-order valence-corrected chi connectivity index (χ1v) is 9.88. The van der Waals surface area contributed by atoms with Crippen LogP contribution in [0.25, 0.3) is 0 Å². The predicted molar refractivity (Wildman–Crippen MR) is 100 cm³/mol. The van der Waals surface area contributed by atoms with Crippen molar-refractivity contribution in [2.24, 2.45) is 5.41 Å². The van der Waals surface area contributed by atoms with Crippen LogP contribution in [0.4, 0.5) is 4.79 Å². The van der Waals surface area contributed by atoms with E-state index in [4.69, 9.17) is 4.74 Å². The third-order valence-electron chi connectivity index (χ3n) is 5.41. The summed E-state index contributed by atoms with van der Waals surface area (Å²) in [6.45, 7) is 10.2. The second-order valence-corrected chi connectivity index (χ2v) is 8.68. The van der Waals surface area contributed by atoms with Gasteiger partial charge in [0, 0.05) is 32.1 Å². The van der Waals surface area contributed by atoms with Gasteiger partial charge in [0.05, 0.1) is 5.41 Å². The van der Waals surface area contributed by atoms with Crippen LogP contribution < -0.4 is 5.32 Å². The van der Waals surface area contributed by atoms with E-state index < -0.39 is 17.1 Å². The molecule has 27 heavy (non-hydrogen) atoms. The first-order chi connectivity index (χ1) is 12.7. The minimum atomic E-state index is -0.536. The summed E-state index contributed by atoms with van der Waals surface area (Å²) in [5.41, 5.74) is -0.973. The molecule has 0 bridgehead atoms. The van der Waals surface area contributed by atoms with Crippen molar-refractivity contribution in [3.05, 3.63) is 12.2 Å². The Bertz CT molecular complexity index is 682. The molecule has 150 valence electrons. The summed E-state index contributed by atoms with van der Waals surface area (Å²) in [7, 11) is 0. The van der Waals surface area contributed by atoms with E-state index in [1.165, 1.54) is 0 Å². The predicted octanol–water partition coefficient (Wildman–Crippen LogP) is 2.31. The van der Waals surface area contributed by atoms with Crippen molar-refractivity contribution in [2.45, 2.75) is 71.4 Å². The van der Waals surface area contributed by atoms with E-state index in [0.29, 0.717) is 12.5 Å². The zero-order valence-corrected chi connectivity index (χ0v) is 16.8. The van der Waals surface area contributed by atoms with Crippen LogP contribution in [0.5, 0.6) is 0 Å². The Morgan fingerprint density at radius 3 is 2.52 bits per heavy atom. The molecule has 1 saturated carbocycles. The van der Waals surface area contributed by atoms with Crippen LogP contribution in [0.2, 0.25) is 0 Å². The monoisotopic (exact) mass is 377 g/mol. The number of hydrogen-bond acceptors (Lipinski definition) is 5. The van der Waals surface area contributed by atoms with Crippen molar-refractivity contribution in [1.82, 2.24) is 25.0 Å². The summed E-state index contributed by atoms with van der Waals surface area (Å²) in [4.78, 5) is 26.8. The number of amides is 2. The zero-order valence-electron chi connectivity index (χ0n) is 16.8. The van der Waals surface area contributed by atoms with Crippen molar-refractivity contribution >= 4 is 12.0 Å². The van der Waals surface area contributed by atoms with E-state index in [0.717, 1.165) is 51.1 Å². The largest absolute Gasteiger partial charge is 0.444 e. The van der Waals surface area contributed by atoms with Gasteiger partial charge in [-0.3, -0.25) is 4.79 Å². The molecule has 2 aliphatic rings. The van der Waals surface area contributed by atoms with Gasteiger partial charge < -0.3 is 19.5 Å². The Kier molecular flexibility index (Phi) is 5.44. The number of likely N-dealkylation sites (tertiary alicyclic amines) is 1. The Morgan fingerprint density at radius 2 is 1.96 bits per heavy atom. The van der Waals surface area contributed by atoms with E-state index in [1.54, 1.807) is 6.33 Å². The van der Waals surface area contributed by atoms with Crippen LogP contribution in [-0.2, 0) is 16.1 Å². The number of aryl methyl sites for hydroxylation is 1. The van der Waals surface area contributed by atoms with Crippen LogP contribution in [0.3, 0.4) is 0 Å². The molecule has 3 rings (SSSR count). The first-order valence-electron chi connectivity index (χ1n) is 9.88. The van der Waals surface area contributed by atoms with E-state index in [9.17, 15) is 9.59 Å². The normalized spacial score (nSPS) is 19.6. The summed E-state index contributed by atoms with van der Waals surface area (Å²) in [5, 5.41) is 11.1. The van der Waals surface area contributed by atoms with Gasteiger partial charge in [-0.15, -0.1) is 10.2 Å².